The van der Waals surface area contributed by atoms with Crippen molar-refractivity contribution in [2.75, 3.05) is 4.90 Å². The minimum Gasteiger partial charge on any atom is -0.508 e. The number of nitrogens with zero attached hydrogens (tertiary/aromatic N) is 1. The van der Waals surface area contributed by atoms with Gasteiger partial charge in [-0.25, -0.2) is 4.90 Å². The van der Waals surface area contributed by atoms with Gasteiger partial charge in [0.05, 0.1) is 17.5 Å². The van der Waals surface area contributed by atoms with E-state index in [-0.39, 0.29) is 29.4 Å². The lowest BCUT2D eigenvalue weighted by atomic mass is 9.85. The Balaban J connectivity index is 1.97. The third-order valence-corrected chi connectivity index (χ3v) is 3.97. The number of phenolic OH excluding ortho intramolecular Hbond substituents is 1. The quantitative estimate of drug-likeness (QED) is 0.802. The van der Waals surface area contributed by atoms with Gasteiger partial charge in [-0.1, -0.05) is 23.7 Å². The zero-order chi connectivity index (χ0) is 13.6. The second kappa shape index (κ2) is 4.38. The number of aromatic hydroxyl groups is 1. The summed E-state index contributed by atoms with van der Waals surface area (Å²) in [7, 11) is 0. The van der Waals surface area contributed by atoms with Gasteiger partial charge in [0.2, 0.25) is 11.8 Å². The number of rotatable bonds is 1. The van der Waals surface area contributed by atoms with Crippen molar-refractivity contribution in [3.63, 3.8) is 0 Å². The number of anilines is 1. The summed E-state index contributed by atoms with van der Waals surface area (Å²) in [5.41, 5.74) is 0.417. The maximum atomic E-state index is 12.3. The Morgan fingerprint density at radius 2 is 1.95 bits per heavy atom. The summed E-state index contributed by atoms with van der Waals surface area (Å²) in [6.45, 7) is 0. The van der Waals surface area contributed by atoms with Gasteiger partial charge in [-0.05, 0) is 25.0 Å². The smallest absolute Gasteiger partial charge is 0.238 e. The molecule has 3 rings (SSSR count). The molecule has 1 aliphatic carbocycles. The number of amides is 2. The maximum Gasteiger partial charge on any atom is 0.238 e. The van der Waals surface area contributed by atoms with Crippen molar-refractivity contribution >= 4 is 29.1 Å². The van der Waals surface area contributed by atoms with Gasteiger partial charge in [0.1, 0.15) is 5.75 Å². The summed E-state index contributed by atoms with van der Waals surface area (Å²) in [6.07, 6.45) is 2.73. The second-order valence-corrected chi connectivity index (χ2v) is 5.32. The van der Waals surface area contributed by atoms with E-state index < -0.39 is 0 Å². The van der Waals surface area contributed by atoms with Crippen LogP contribution in [0, 0.1) is 11.8 Å². The van der Waals surface area contributed by atoms with E-state index in [1.807, 2.05) is 0 Å². The average Bonchev–Trinajstić information content (AvgIpc) is 2.61. The lowest BCUT2D eigenvalue weighted by Crippen LogP contribution is -2.30. The Hall–Kier alpha value is -1.81. The second-order valence-electron chi connectivity index (χ2n) is 4.84. The molecule has 4 nitrogen and oxygen atoms in total. The number of hydrogen-bond donors (Lipinski definition) is 1. The number of benzene rings is 1. The predicted molar refractivity (Wildman–Crippen MR) is 70.7 cm³/mol. The molecule has 1 fully saturated rings. The van der Waals surface area contributed by atoms with E-state index in [2.05, 4.69) is 0 Å². The highest BCUT2D eigenvalue weighted by atomic mass is 35.5. The highest BCUT2D eigenvalue weighted by Crippen LogP contribution is 2.41. The van der Waals surface area contributed by atoms with Gasteiger partial charge in [0, 0.05) is 11.1 Å². The van der Waals surface area contributed by atoms with Crippen LogP contribution in [0.3, 0.4) is 0 Å². The number of fused-ring (bicyclic) bond motifs is 1. The number of carbonyl (C=O) groups is 2. The van der Waals surface area contributed by atoms with Crippen molar-refractivity contribution < 1.29 is 14.7 Å². The average molecular weight is 278 g/mol. The molecule has 2 atom stereocenters. The summed E-state index contributed by atoms with van der Waals surface area (Å²) < 4.78 is 0. The summed E-state index contributed by atoms with van der Waals surface area (Å²) in [5, 5.41) is 10.1. The molecule has 98 valence electrons. The topological polar surface area (TPSA) is 57.6 Å². The van der Waals surface area contributed by atoms with Crippen LogP contribution in [-0.4, -0.2) is 16.9 Å². The molecule has 2 amide bonds. The Morgan fingerprint density at radius 3 is 2.68 bits per heavy atom. The number of carbonyl (C=O) groups excluding carboxylic acids is 2. The van der Waals surface area contributed by atoms with E-state index in [0.717, 1.165) is 0 Å². The van der Waals surface area contributed by atoms with E-state index in [9.17, 15) is 14.7 Å². The van der Waals surface area contributed by atoms with E-state index in [0.29, 0.717) is 23.6 Å². The molecule has 1 aromatic carbocycles. The fourth-order valence-corrected chi connectivity index (χ4v) is 2.97. The Bertz CT molecular complexity index is 596. The molecular weight excluding hydrogens is 266 g/mol. The van der Waals surface area contributed by atoms with Crippen molar-refractivity contribution in [1.82, 2.24) is 0 Å². The molecule has 1 N–H and O–H groups in total. The van der Waals surface area contributed by atoms with Crippen LogP contribution in [0.4, 0.5) is 5.69 Å². The van der Waals surface area contributed by atoms with Gasteiger partial charge < -0.3 is 5.11 Å². The summed E-state index contributed by atoms with van der Waals surface area (Å²) in [6, 6.07) is 6.17. The highest BCUT2D eigenvalue weighted by Gasteiger charge is 2.48. The SMILES string of the molecule is O=C1[C@H]2CC=C(Cl)C[C@@H]2C(=O)N1c1cccc(O)c1. The molecule has 5 heteroatoms. The lowest BCUT2D eigenvalue weighted by molar-refractivity contribution is -0.122. The van der Waals surface area contributed by atoms with Crippen LogP contribution in [0.15, 0.2) is 35.4 Å². The third-order valence-electron chi connectivity index (χ3n) is 3.66. The van der Waals surface area contributed by atoms with Gasteiger partial charge in [-0.3, -0.25) is 9.59 Å². The van der Waals surface area contributed by atoms with Gasteiger partial charge in [-0.2, -0.15) is 0 Å². The fourth-order valence-electron chi connectivity index (χ4n) is 2.71. The molecule has 19 heavy (non-hydrogen) atoms. The Kier molecular flexibility index (Phi) is 2.82. The molecule has 0 saturated carbocycles. The van der Waals surface area contributed by atoms with Crippen LogP contribution in [-0.2, 0) is 9.59 Å². The molecular formula is C14H12ClNO3. The predicted octanol–water partition coefficient (Wildman–Crippen LogP) is 2.41. The first-order valence-electron chi connectivity index (χ1n) is 6.09. The number of imide groups is 1. The Labute approximate surface area is 115 Å². The van der Waals surface area contributed by atoms with Crippen molar-refractivity contribution in [2.45, 2.75) is 12.8 Å². The number of phenols is 1. The van der Waals surface area contributed by atoms with E-state index in [4.69, 9.17) is 11.6 Å². The normalized spacial score (nSPS) is 26.4. The van der Waals surface area contributed by atoms with Gasteiger partial charge in [0.15, 0.2) is 0 Å². The van der Waals surface area contributed by atoms with Crippen molar-refractivity contribution in [3.8, 4) is 5.75 Å². The molecule has 1 aromatic rings. The first-order chi connectivity index (χ1) is 9.08. The molecule has 0 unspecified atom stereocenters. The van der Waals surface area contributed by atoms with Crippen molar-refractivity contribution in [3.05, 3.63) is 35.4 Å². The van der Waals surface area contributed by atoms with Crippen molar-refractivity contribution in [2.24, 2.45) is 11.8 Å². The minimum atomic E-state index is -0.368. The first-order valence-corrected chi connectivity index (χ1v) is 6.47. The van der Waals surface area contributed by atoms with Crippen LogP contribution < -0.4 is 4.90 Å². The van der Waals surface area contributed by atoms with Gasteiger partial charge in [0.25, 0.3) is 0 Å². The van der Waals surface area contributed by atoms with Crippen LogP contribution in [0.25, 0.3) is 0 Å². The van der Waals surface area contributed by atoms with E-state index in [1.54, 1.807) is 18.2 Å². The molecule has 1 aliphatic heterocycles. The number of allylic oxidation sites excluding steroid dienone is 2. The highest BCUT2D eigenvalue weighted by molar-refractivity contribution is 6.30. The summed E-state index contributed by atoms with van der Waals surface area (Å²) >= 11 is 5.95. The molecule has 2 aliphatic rings. The third kappa shape index (κ3) is 1.92. The first kappa shape index (κ1) is 12.2. The van der Waals surface area contributed by atoms with Crippen LogP contribution in [0.1, 0.15) is 12.8 Å². The lowest BCUT2D eigenvalue weighted by Gasteiger charge is -2.17. The van der Waals surface area contributed by atoms with Gasteiger partial charge in [-0.15, -0.1) is 0 Å². The molecule has 0 spiro atoms. The standard InChI is InChI=1S/C14H12ClNO3/c15-8-4-5-11-12(6-8)14(19)16(13(11)18)9-2-1-3-10(17)7-9/h1-4,7,11-12,17H,5-6H2/t11-,12-/m0/s1. The number of hydrogen-bond acceptors (Lipinski definition) is 3. The zero-order valence-electron chi connectivity index (χ0n) is 10.0. The molecule has 0 radical (unpaired) electrons. The van der Waals surface area contributed by atoms with Crippen LogP contribution in [0.2, 0.25) is 0 Å². The molecule has 0 aromatic heterocycles. The molecule has 0 bridgehead atoms. The molecule has 1 heterocycles. The monoisotopic (exact) mass is 277 g/mol. The van der Waals surface area contributed by atoms with Gasteiger partial charge >= 0.3 is 0 Å². The number of halogens is 1. The van der Waals surface area contributed by atoms with E-state index >= 15 is 0 Å². The fraction of sp³-hybridized carbons (Fsp3) is 0.286. The van der Waals surface area contributed by atoms with Crippen LogP contribution in [0.5, 0.6) is 5.75 Å². The molecule has 1 saturated heterocycles. The summed E-state index contributed by atoms with van der Waals surface area (Å²) in [5.74, 6) is -1.10. The van der Waals surface area contributed by atoms with E-state index in [1.165, 1.54) is 17.0 Å². The Morgan fingerprint density at radius 1 is 1.21 bits per heavy atom. The minimum absolute atomic E-state index is 0.0316. The largest absolute Gasteiger partial charge is 0.508 e. The van der Waals surface area contributed by atoms with Crippen molar-refractivity contribution in [1.29, 1.82) is 0 Å². The van der Waals surface area contributed by atoms with Crippen LogP contribution >= 0.6 is 11.6 Å². The zero-order valence-corrected chi connectivity index (χ0v) is 10.8. The summed E-state index contributed by atoms with van der Waals surface area (Å²) in [4.78, 5) is 25.8. The maximum absolute atomic E-state index is 12.3.